The van der Waals surface area contributed by atoms with Crippen molar-refractivity contribution in [3.8, 4) is 11.1 Å². The number of hydrogen-bond donors (Lipinski definition) is 2. The van der Waals surface area contributed by atoms with Gasteiger partial charge in [0.15, 0.2) is 0 Å². The molecule has 0 aromatic heterocycles. The van der Waals surface area contributed by atoms with Crippen LogP contribution in [0.15, 0.2) is 72.8 Å². The number of anilines is 1. The second-order valence-corrected chi connectivity index (χ2v) is 7.20. The van der Waals surface area contributed by atoms with Gasteiger partial charge in [-0.3, -0.25) is 9.59 Å². The highest BCUT2D eigenvalue weighted by atomic mass is 16.2. The third-order valence-corrected chi connectivity index (χ3v) is 4.98. The number of nitrogens with one attached hydrogen (secondary N) is 2. The molecular formula is C24H22N2O2. The summed E-state index contributed by atoms with van der Waals surface area (Å²) >= 11 is 0. The Balaban J connectivity index is 1.35. The standard InChI is InChI=1S/C24H22N2O2/c1-16(25-24(28)17-7-3-2-4-8-17)13-23(27)26-20-11-12-22-19(15-20)14-18-9-5-6-10-21(18)22/h2-12,15-16H,13-14H2,1H3,(H,25,28)(H,26,27). The van der Waals surface area contributed by atoms with Crippen molar-refractivity contribution in [2.45, 2.75) is 25.8 Å². The van der Waals surface area contributed by atoms with Crippen molar-refractivity contribution in [1.82, 2.24) is 5.32 Å². The molecule has 3 aromatic rings. The molecule has 0 saturated heterocycles. The lowest BCUT2D eigenvalue weighted by molar-refractivity contribution is -0.116. The zero-order chi connectivity index (χ0) is 19.5. The highest BCUT2D eigenvalue weighted by molar-refractivity contribution is 5.96. The zero-order valence-electron chi connectivity index (χ0n) is 15.7. The highest BCUT2D eigenvalue weighted by Crippen LogP contribution is 2.37. The molecule has 3 aromatic carbocycles. The molecule has 1 atom stereocenters. The quantitative estimate of drug-likeness (QED) is 0.547. The van der Waals surface area contributed by atoms with E-state index in [1.165, 1.54) is 22.3 Å². The van der Waals surface area contributed by atoms with Crippen LogP contribution in [0.3, 0.4) is 0 Å². The van der Waals surface area contributed by atoms with Gasteiger partial charge in [-0.1, -0.05) is 48.5 Å². The van der Waals surface area contributed by atoms with E-state index in [2.05, 4.69) is 41.0 Å². The van der Waals surface area contributed by atoms with Gasteiger partial charge in [-0.15, -0.1) is 0 Å². The Morgan fingerprint density at radius 2 is 1.61 bits per heavy atom. The molecular weight excluding hydrogens is 348 g/mol. The van der Waals surface area contributed by atoms with Crippen molar-refractivity contribution >= 4 is 17.5 Å². The molecule has 4 nitrogen and oxygen atoms in total. The van der Waals surface area contributed by atoms with Crippen LogP contribution in [0.4, 0.5) is 5.69 Å². The molecule has 140 valence electrons. The van der Waals surface area contributed by atoms with Crippen LogP contribution in [-0.2, 0) is 11.2 Å². The van der Waals surface area contributed by atoms with Gasteiger partial charge in [-0.2, -0.15) is 0 Å². The normalized spacial score (nSPS) is 12.6. The Labute approximate surface area is 164 Å². The molecule has 0 aliphatic heterocycles. The summed E-state index contributed by atoms with van der Waals surface area (Å²) in [4.78, 5) is 24.6. The van der Waals surface area contributed by atoms with Gasteiger partial charge in [0.05, 0.1) is 0 Å². The summed E-state index contributed by atoms with van der Waals surface area (Å²) in [7, 11) is 0. The van der Waals surface area contributed by atoms with E-state index in [1.54, 1.807) is 12.1 Å². The lowest BCUT2D eigenvalue weighted by Crippen LogP contribution is -2.35. The summed E-state index contributed by atoms with van der Waals surface area (Å²) < 4.78 is 0. The van der Waals surface area contributed by atoms with E-state index in [0.29, 0.717) is 5.56 Å². The SMILES string of the molecule is CC(CC(=O)Nc1ccc2c(c1)Cc1ccccc1-2)NC(=O)c1ccccc1. The number of amides is 2. The Bertz CT molecular complexity index is 1030. The molecule has 0 heterocycles. The third kappa shape index (κ3) is 3.81. The molecule has 0 saturated carbocycles. The predicted octanol–water partition coefficient (Wildman–Crippen LogP) is 4.40. The average Bonchev–Trinajstić information content (AvgIpc) is 3.06. The van der Waals surface area contributed by atoms with E-state index in [9.17, 15) is 9.59 Å². The van der Waals surface area contributed by atoms with Gasteiger partial charge in [0.2, 0.25) is 5.91 Å². The minimum atomic E-state index is -0.258. The Morgan fingerprint density at radius 1 is 0.893 bits per heavy atom. The lowest BCUT2D eigenvalue weighted by Gasteiger charge is -2.14. The summed E-state index contributed by atoms with van der Waals surface area (Å²) in [6.07, 6.45) is 1.11. The van der Waals surface area contributed by atoms with Crippen LogP contribution in [0.5, 0.6) is 0 Å². The van der Waals surface area contributed by atoms with Gasteiger partial charge in [-0.05, 0) is 59.9 Å². The molecule has 2 amide bonds. The van der Waals surface area contributed by atoms with Crippen LogP contribution in [0.2, 0.25) is 0 Å². The number of hydrogen-bond acceptors (Lipinski definition) is 2. The maximum atomic E-state index is 12.4. The van der Waals surface area contributed by atoms with Crippen molar-refractivity contribution in [1.29, 1.82) is 0 Å². The first-order chi connectivity index (χ1) is 13.6. The maximum Gasteiger partial charge on any atom is 0.251 e. The van der Waals surface area contributed by atoms with Gasteiger partial charge >= 0.3 is 0 Å². The predicted molar refractivity (Wildman–Crippen MR) is 111 cm³/mol. The van der Waals surface area contributed by atoms with Gasteiger partial charge in [0.25, 0.3) is 5.91 Å². The van der Waals surface area contributed by atoms with Crippen molar-refractivity contribution < 1.29 is 9.59 Å². The van der Waals surface area contributed by atoms with Crippen LogP contribution in [0.1, 0.15) is 34.8 Å². The summed E-state index contributed by atoms with van der Waals surface area (Å²) in [6.45, 7) is 1.83. The monoisotopic (exact) mass is 370 g/mol. The Morgan fingerprint density at radius 3 is 2.43 bits per heavy atom. The largest absolute Gasteiger partial charge is 0.349 e. The second-order valence-electron chi connectivity index (χ2n) is 7.20. The minimum absolute atomic E-state index is 0.115. The van der Waals surface area contributed by atoms with E-state index in [0.717, 1.165) is 12.1 Å². The fraction of sp³-hybridized carbons (Fsp3) is 0.167. The smallest absolute Gasteiger partial charge is 0.251 e. The third-order valence-electron chi connectivity index (χ3n) is 4.98. The van der Waals surface area contributed by atoms with E-state index >= 15 is 0 Å². The molecule has 1 unspecified atom stereocenters. The Hall–Kier alpha value is -3.40. The Kier molecular flexibility index (Phi) is 4.94. The summed E-state index contributed by atoms with van der Waals surface area (Å²) in [5.41, 5.74) is 6.43. The highest BCUT2D eigenvalue weighted by Gasteiger charge is 2.19. The molecule has 0 spiro atoms. The lowest BCUT2D eigenvalue weighted by atomic mass is 10.1. The molecule has 1 aliphatic carbocycles. The fourth-order valence-electron chi connectivity index (χ4n) is 3.66. The zero-order valence-corrected chi connectivity index (χ0v) is 15.7. The molecule has 1 aliphatic rings. The maximum absolute atomic E-state index is 12.4. The van der Waals surface area contributed by atoms with Crippen LogP contribution in [0.25, 0.3) is 11.1 Å². The molecule has 0 fully saturated rings. The van der Waals surface area contributed by atoms with Crippen molar-refractivity contribution in [3.63, 3.8) is 0 Å². The van der Waals surface area contributed by atoms with Crippen molar-refractivity contribution in [2.75, 3.05) is 5.32 Å². The first-order valence-corrected chi connectivity index (χ1v) is 9.47. The van der Waals surface area contributed by atoms with E-state index < -0.39 is 0 Å². The van der Waals surface area contributed by atoms with E-state index in [1.807, 2.05) is 37.3 Å². The molecule has 4 heteroatoms. The van der Waals surface area contributed by atoms with Crippen LogP contribution >= 0.6 is 0 Å². The first kappa shape index (κ1) is 18.0. The topological polar surface area (TPSA) is 58.2 Å². The molecule has 2 N–H and O–H groups in total. The number of carbonyl (C=O) groups is 2. The second kappa shape index (κ2) is 7.69. The van der Waals surface area contributed by atoms with Crippen LogP contribution < -0.4 is 10.6 Å². The van der Waals surface area contributed by atoms with Gasteiger partial charge in [-0.25, -0.2) is 0 Å². The van der Waals surface area contributed by atoms with Gasteiger partial charge < -0.3 is 10.6 Å². The summed E-state index contributed by atoms with van der Waals surface area (Å²) in [5.74, 6) is -0.285. The number of carbonyl (C=O) groups excluding carboxylic acids is 2. The minimum Gasteiger partial charge on any atom is -0.349 e. The molecule has 0 bridgehead atoms. The van der Waals surface area contributed by atoms with Crippen molar-refractivity contribution in [2.24, 2.45) is 0 Å². The summed E-state index contributed by atoms with van der Waals surface area (Å²) in [6, 6.07) is 23.2. The summed E-state index contributed by atoms with van der Waals surface area (Å²) in [5, 5.41) is 5.82. The molecule has 0 radical (unpaired) electrons. The number of rotatable bonds is 5. The fourth-order valence-corrected chi connectivity index (χ4v) is 3.66. The van der Waals surface area contributed by atoms with Gasteiger partial charge in [0.1, 0.15) is 0 Å². The number of benzene rings is 3. The van der Waals surface area contributed by atoms with E-state index in [4.69, 9.17) is 0 Å². The van der Waals surface area contributed by atoms with Crippen molar-refractivity contribution in [3.05, 3.63) is 89.5 Å². The van der Waals surface area contributed by atoms with Gasteiger partial charge in [0, 0.05) is 23.7 Å². The van der Waals surface area contributed by atoms with E-state index in [-0.39, 0.29) is 24.3 Å². The first-order valence-electron chi connectivity index (χ1n) is 9.47. The molecule has 28 heavy (non-hydrogen) atoms. The average molecular weight is 370 g/mol. The number of fused-ring (bicyclic) bond motifs is 3. The van der Waals surface area contributed by atoms with Crippen LogP contribution in [-0.4, -0.2) is 17.9 Å². The van der Waals surface area contributed by atoms with Crippen LogP contribution in [0, 0.1) is 0 Å². The molecule has 4 rings (SSSR count).